The molecule has 2 aromatic heterocycles. The Morgan fingerprint density at radius 1 is 1.10 bits per heavy atom. The van der Waals surface area contributed by atoms with Crippen molar-refractivity contribution in [3.8, 4) is 11.3 Å². The number of rotatable bonds is 4. The molecule has 41 heavy (non-hydrogen) atoms. The van der Waals surface area contributed by atoms with Crippen LogP contribution >= 0.6 is 22.9 Å². The molecule has 3 heterocycles. The normalized spacial score (nSPS) is 19.7. The third kappa shape index (κ3) is 4.44. The Kier molecular flexibility index (Phi) is 6.25. The Morgan fingerprint density at radius 2 is 1.90 bits per heavy atom. The van der Waals surface area contributed by atoms with Crippen molar-refractivity contribution in [1.82, 2.24) is 4.57 Å². The van der Waals surface area contributed by atoms with Crippen molar-refractivity contribution in [1.29, 1.82) is 0 Å². The Hall–Kier alpha value is -4.27. The van der Waals surface area contributed by atoms with Gasteiger partial charge in [0.25, 0.3) is 5.56 Å². The largest absolute Gasteiger partial charge is 0.478 e. The molecular formula is C32H22ClFN2O4S. The zero-order chi connectivity index (χ0) is 28.2. The first-order valence-electron chi connectivity index (χ1n) is 13.1. The fraction of sp³-hybridized carbons (Fsp3) is 0.156. The minimum absolute atomic E-state index is 0.00796. The number of carboxylic acid groups (broad SMARTS) is 1. The van der Waals surface area contributed by atoms with E-state index >= 15 is 0 Å². The maximum Gasteiger partial charge on any atom is 0.337 e. The molecule has 1 aliphatic heterocycles. The van der Waals surface area contributed by atoms with Gasteiger partial charge in [-0.2, -0.15) is 0 Å². The van der Waals surface area contributed by atoms with Gasteiger partial charge in [0, 0.05) is 17.6 Å². The fourth-order valence-electron chi connectivity index (χ4n) is 6.00. The summed E-state index contributed by atoms with van der Waals surface area (Å²) in [6.45, 7) is 0. The van der Waals surface area contributed by atoms with Crippen LogP contribution in [0.3, 0.4) is 0 Å². The number of hydrogen-bond acceptors (Lipinski definition) is 5. The number of aryl methyl sites for hydroxylation is 1. The van der Waals surface area contributed by atoms with Gasteiger partial charge in [-0.3, -0.25) is 14.4 Å². The van der Waals surface area contributed by atoms with Crippen LogP contribution in [0, 0.1) is 11.7 Å². The standard InChI is InChI=1S/C32H22ClFN2O4S/c33-25-15-19(8-12-23(25)31(38)39)26-14-11-21(40-26)16-27-30(37)36-29(18-5-9-20(34)10-6-18)24-13-7-17-3-1-2-4-22(17)28(24)35-32(36)41-27/h1-6,8-12,14-16,24,28-29H,7,13H2,(H,38,39)/b27-16-. The average molecular weight is 585 g/mol. The van der Waals surface area contributed by atoms with E-state index in [1.807, 2.05) is 12.1 Å². The molecule has 3 aromatic carbocycles. The summed E-state index contributed by atoms with van der Waals surface area (Å²) in [5, 5.41) is 9.35. The van der Waals surface area contributed by atoms with E-state index in [9.17, 15) is 19.1 Å². The van der Waals surface area contributed by atoms with E-state index in [2.05, 4.69) is 12.1 Å². The minimum Gasteiger partial charge on any atom is -0.478 e. The van der Waals surface area contributed by atoms with E-state index in [1.54, 1.807) is 41.0 Å². The fourth-order valence-corrected chi connectivity index (χ4v) is 7.28. The highest BCUT2D eigenvalue weighted by atomic mass is 35.5. The highest BCUT2D eigenvalue weighted by Gasteiger charge is 2.40. The van der Waals surface area contributed by atoms with Gasteiger partial charge in [0.1, 0.15) is 17.3 Å². The molecule has 0 fully saturated rings. The molecule has 0 spiro atoms. The molecule has 9 heteroatoms. The van der Waals surface area contributed by atoms with Crippen molar-refractivity contribution in [3.05, 3.63) is 137 Å². The van der Waals surface area contributed by atoms with Gasteiger partial charge >= 0.3 is 5.97 Å². The molecular weight excluding hydrogens is 563 g/mol. The number of furan rings is 1. The van der Waals surface area contributed by atoms with Gasteiger partial charge in [0.15, 0.2) is 4.80 Å². The molecule has 0 saturated heterocycles. The van der Waals surface area contributed by atoms with Gasteiger partial charge in [-0.15, -0.1) is 0 Å². The number of benzene rings is 3. The number of halogens is 2. The van der Waals surface area contributed by atoms with Gasteiger partial charge in [-0.25, -0.2) is 9.18 Å². The van der Waals surface area contributed by atoms with Gasteiger partial charge < -0.3 is 9.52 Å². The SMILES string of the molecule is O=C(O)c1ccc(-c2ccc(/C=c3\sc4n(c3=O)C(c3ccc(F)cc3)C3CCc5ccccc5C3N=4)o2)cc1Cl. The third-order valence-electron chi connectivity index (χ3n) is 7.89. The van der Waals surface area contributed by atoms with Crippen LogP contribution in [0.2, 0.25) is 5.02 Å². The number of carbonyl (C=O) groups is 1. The summed E-state index contributed by atoms with van der Waals surface area (Å²) in [5.74, 6) is -0.412. The number of aromatic nitrogens is 1. The number of thiazole rings is 1. The minimum atomic E-state index is -1.11. The summed E-state index contributed by atoms with van der Waals surface area (Å²) in [6, 6.07) is 22.4. The van der Waals surface area contributed by atoms with Crippen molar-refractivity contribution in [2.45, 2.75) is 24.9 Å². The number of carboxylic acids is 1. The van der Waals surface area contributed by atoms with Crippen molar-refractivity contribution < 1.29 is 18.7 Å². The van der Waals surface area contributed by atoms with E-state index in [4.69, 9.17) is 21.0 Å². The lowest BCUT2D eigenvalue weighted by Gasteiger charge is -2.39. The monoisotopic (exact) mass is 584 g/mol. The maximum atomic E-state index is 13.9. The van der Waals surface area contributed by atoms with Crippen molar-refractivity contribution in [2.24, 2.45) is 10.9 Å². The summed E-state index contributed by atoms with van der Waals surface area (Å²) in [6.07, 6.45) is 3.45. The van der Waals surface area contributed by atoms with Crippen LogP contribution in [0.4, 0.5) is 4.39 Å². The van der Waals surface area contributed by atoms with Crippen LogP contribution in [-0.4, -0.2) is 15.6 Å². The van der Waals surface area contributed by atoms with Crippen LogP contribution in [0.1, 0.15) is 51.3 Å². The second kappa shape index (κ2) is 9.98. The molecule has 0 saturated carbocycles. The Labute approximate surface area is 242 Å². The average Bonchev–Trinajstić information content (AvgIpc) is 3.56. The van der Waals surface area contributed by atoms with E-state index in [0.717, 1.165) is 18.4 Å². The van der Waals surface area contributed by atoms with E-state index in [-0.39, 0.29) is 40.0 Å². The van der Waals surface area contributed by atoms with Gasteiger partial charge in [0.2, 0.25) is 0 Å². The Balaban J connectivity index is 1.34. The summed E-state index contributed by atoms with van der Waals surface area (Å²) in [7, 11) is 0. The van der Waals surface area contributed by atoms with Crippen LogP contribution in [0.15, 0.2) is 93.1 Å². The molecule has 0 amide bonds. The molecule has 3 atom stereocenters. The third-order valence-corrected chi connectivity index (χ3v) is 9.20. The lowest BCUT2D eigenvalue weighted by molar-refractivity contribution is 0.0697. The predicted octanol–water partition coefficient (Wildman–Crippen LogP) is 6.02. The molecule has 6 nitrogen and oxygen atoms in total. The van der Waals surface area contributed by atoms with Crippen LogP contribution in [0.25, 0.3) is 17.4 Å². The van der Waals surface area contributed by atoms with Crippen LogP contribution < -0.4 is 14.9 Å². The molecule has 0 radical (unpaired) electrons. The van der Waals surface area contributed by atoms with Crippen LogP contribution in [-0.2, 0) is 6.42 Å². The number of hydrogen-bond donors (Lipinski definition) is 1. The second-order valence-corrected chi connectivity index (χ2v) is 11.7. The zero-order valence-corrected chi connectivity index (χ0v) is 23.0. The van der Waals surface area contributed by atoms with Crippen molar-refractivity contribution in [2.75, 3.05) is 0 Å². The summed E-state index contributed by atoms with van der Waals surface area (Å²) >= 11 is 7.45. The molecule has 3 unspecified atom stereocenters. The zero-order valence-electron chi connectivity index (χ0n) is 21.5. The molecule has 5 aromatic rings. The van der Waals surface area contributed by atoms with E-state index in [1.165, 1.54) is 46.7 Å². The molecule has 2 aliphatic rings. The highest BCUT2D eigenvalue weighted by molar-refractivity contribution is 7.07. The lowest BCUT2D eigenvalue weighted by Crippen LogP contribution is -2.44. The quantitative estimate of drug-likeness (QED) is 0.280. The van der Waals surface area contributed by atoms with Gasteiger partial charge in [-0.1, -0.05) is 65.4 Å². The number of nitrogens with zero attached hydrogens (tertiary/aromatic N) is 2. The van der Waals surface area contributed by atoms with Crippen LogP contribution in [0.5, 0.6) is 0 Å². The summed E-state index contributed by atoms with van der Waals surface area (Å²) in [4.78, 5) is 30.9. The predicted molar refractivity (Wildman–Crippen MR) is 155 cm³/mol. The summed E-state index contributed by atoms with van der Waals surface area (Å²) in [5.41, 5.74) is 3.79. The first kappa shape index (κ1) is 25.7. The first-order valence-corrected chi connectivity index (χ1v) is 14.3. The summed E-state index contributed by atoms with van der Waals surface area (Å²) < 4.78 is 22.1. The van der Waals surface area contributed by atoms with Gasteiger partial charge in [0.05, 0.1) is 27.2 Å². The van der Waals surface area contributed by atoms with Crippen molar-refractivity contribution >= 4 is 35.0 Å². The van der Waals surface area contributed by atoms with Gasteiger partial charge in [-0.05, 0) is 65.9 Å². The van der Waals surface area contributed by atoms with Crippen molar-refractivity contribution in [3.63, 3.8) is 0 Å². The molecule has 1 N–H and O–H groups in total. The first-order chi connectivity index (χ1) is 19.9. The molecule has 204 valence electrons. The van der Waals surface area contributed by atoms with E-state index in [0.29, 0.717) is 26.4 Å². The van der Waals surface area contributed by atoms with E-state index < -0.39 is 5.97 Å². The molecule has 1 aliphatic carbocycles. The maximum absolute atomic E-state index is 13.9. The second-order valence-electron chi connectivity index (χ2n) is 10.2. The smallest absolute Gasteiger partial charge is 0.337 e. The lowest BCUT2D eigenvalue weighted by atomic mass is 9.74. The molecule has 0 bridgehead atoms. The topological polar surface area (TPSA) is 84.8 Å². The Morgan fingerprint density at radius 3 is 2.68 bits per heavy atom. The Bertz CT molecular complexity index is 2010. The molecule has 7 rings (SSSR count). The number of fused-ring (bicyclic) bond motifs is 4. The highest BCUT2D eigenvalue weighted by Crippen LogP contribution is 2.46. The number of aromatic carboxylic acids is 1.